The van der Waals surface area contributed by atoms with E-state index in [4.69, 9.17) is 10.2 Å². The van der Waals surface area contributed by atoms with E-state index in [-0.39, 0.29) is 23.3 Å². The normalized spacial score (nSPS) is 12.5. The lowest BCUT2D eigenvalue weighted by Crippen LogP contribution is -2.27. The number of aliphatic hydroxyl groups excluding tert-OH is 1. The highest BCUT2D eigenvalue weighted by molar-refractivity contribution is 5.87. The molecular formula is C22H28FNO4. The van der Waals surface area contributed by atoms with Gasteiger partial charge in [0, 0.05) is 6.42 Å². The third-order valence-electron chi connectivity index (χ3n) is 3.98. The fourth-order valence-electron chi connectivity index (χ4n) is 2.41. The number of hydrogen-bond acceptors (Lipinski definition) is 3. The van der Waals surface area contributed by atoms with E-state index in [0.29, 0.717) is 12.3 Å². The van der Waals surface area contributed by atoms with E-state index >= 15 is 0 Å². The Balaban J connectivity index is 0.000000330. The van der Waals surface area contributed by atoms with Crippen LogP contribution in [0.3, 0.4) is 0 Å². The molecule has 0 bridgehead atoms. The number of carboxylic acid groups (broad SMARTS) is 1. The molecule has 2 aromatic rings. The lowest BCUT2D eigenvalue weighted by molar-refractivity contribution is -0.122. The molecule has 0 aliphatic carbocycles. The predicted molar refractivity (Wildman–Crippen MR) is 106 cm³/mol. The Hall–Kier alpha value is -2.73. The van der Waals surface area contributed by atoms with Crippen molar-refractivity contribution in [1.82, 2.24) is 5.32 Å². The summed E-state index contributed by atoms with van der Waals surface area (Å²) in [5.74, 6) is -0.881. The van der Waals surface area contributed by atoms with Crippen molar-refractivity contribution in [3.05, 3.63) is 71.0 Å². The number of amides is 1. The van der Waals surface area contributed by atoms with Crippen LogP contribution in [-0.2, 0) is 4.79 Å². The molecule has 0 aliphatic rings. The number of carboxylic acids is 1. The smallest absolute Gasteiger partial charge is 0.335 e. The SMILES string of the molecule is CC(C)CC(=O)NC(C)c1ccc(C(=O)O)cc1.CC(O)c1ccc(F)cc1. The molecule has 0 fully saturated rings. The number of benzene rings is 2. The average Bonchev–Trinajstić information content (AvgIpc) is 2.62. The standard InChI is InChI=1S/C14H19NO3.C8H9FO/c1-9(2)8-13(16)15-10(3)11-4-6-12(7-5-11)14(17)18;1-6(10)7-2-4-8(9)5-3-7/h4-7,9-10H,8H2,1-3H3,(H,15,16)(H,17,18);2-6,10H,1H3. The fourth-order valence-corrected chi connectivity index (χ4v) is 2.41. The first-order chi connectivity index (χ1) is 13.1. The van der Waals surface area contributed by atoms with Crippen molar-refractivity contribution in [2.45, 2.75) is 46.3 Å². The van der Waals surface area contributed by atoms with Crippen molar-refractivity contribution in [3.8, 4) is 0 Å². The summed E-state index contributed by atoms with van der Waals surface area (Å²) in [4.78, 5) is 22.3. The number of halogens is 1. The van der Waals surface area contributed by atoms with Crippen LogP contribution >= 0.6 is 0 Å². The van der Waals surface area contributed by atoms with E-state index in [9.17, 15) is 14.0 Å². The van der Waals surface area contributed by atoms with Gasteiger partial charge < -0.3 is 15.5 Å². The van der Waals surface area contributed by atoms with Crippen LogP contribution in [0.1, 0.15) is 67.7 Å². The van der Waals surface area contributed by atoms with Gasteiger partial charge in [0.25, 0.3) is 0 Å². The number of aromatic carboxylic acids is 1. The summed E-state index contributed by atoms with van der Waals surface area (Å²) in [5.41, 5.74) is 1.89. The first-order valence-corrected chi connectivity index (χ1v) is 9.16. The van der Waals surface area contributed by atoms with Crippen LogP contribution in [0.5, 0.6) is 0 Å². The van der Waals surface area contributed by atoms with Gasteiger partial charge in [-0.25, -0.2) is 9.18 Å². The zero-order valence-corrected chi connectivity index (χ0v) is 16.6. The highest BCUT2D eigenvalue weighted by atomic mass is 19.1. The topological polar surface area (TPSA) is 86.6 Å². The van der Waals surface area contributed by atoms with Gasteiger partial charge in [0.1, 0.15) is 5.82 Å². The largest absolute Gasteiger partial charge is 0.478 e. The third kappa shape index (κ3) is 8.31. The lowest BCUT2D eigenvalue weighted by Gasteiger charge is -2.15. The minimum absolute atomic E-state index is 0.0137. The summed E-state index contributed by atoms with van der Waals surface area (Å²) in [5, 5.41) is 20.7. The van der Waals surface area contributed by atoms with Crippen molar-refractivity contribution >= 4 is 11.9 Å². The summed E-state index contributed by atoms with van der Waals surface area (Å²) < 4.78 is 12.3. The molecule has 152 valence electrons. The zero-order valence-electron chi connectivity index (χ0n) is 16.6. The van der Waals surface area contributed by atoms with Crippen molar-refractivity contribution in [2.24, 2.45) is 5.92 Å². The van der Waals surface area contributed by atoms with Crippen LogP contribution in [0.15, 0.2) is 48.5 Å². The number of carbonyl (C=O) groups is 2. The number of carbonyl (C=O) groups excluding carboxylic acids is 1. The molecular weight excluding hydrogens is 361 g/mol. The van der Waals surface area contributed by atoms with Crippen molar-refractivity contribution in [3.63, 3.8) is 0 Å². The van der Waals surface area contributed by atoms with E-state index in [2.05, 4.69) is 5.32 Å². The van der Waals surface area contributed by atoms with Gasteiger partial charge in [-0.15, -0.1) is 0 Å². The molecule has 28 heavy (non-hydrogen) atoms. The highest BCUT2D eigenvalue weighted by Gasteiger charge is 2.11. The number of hydrogen-bond donors (Lipinski definition) is 3. The lowest BCUT2D eigenvalue weighted by atomic mass is 10.1. The maximum Gasteiger partial charge on any atom is 0.335 e. The quantitative estimate of drug-likeness (QED) is 0.679. The summed E-state index contributed by atoms with van der Waals surface area (Å²) in [7, 11) is 0. The van der Waals surface area contributed by atoms with Crippen LogP contribution in [-0.4, -0.2) is 22.1 Å². The molecule has 2 aromatic carbocycles. The van der Waals surface area contributed by atoms with Crippen LogP contribution in [0.4, 0.5) is 4.39 Å². The Kier molecular flexibility index (Phi) is 9.32. The number of rotatable bonds is 6. The minimum atomic E-state index is -0.946. The third-order valence-corrected chi connectivity index (χ3v) is 3.98. The molecule has 0 saturated carbocycles. The van der Waals surface area contributed by atoms with Crippen LogP contribution in [0.25, 0.3) is 0 Å². The van der Waals surface area contributed by atoms with E-state index in [1.54, 1.807) is 43.3 Å². The molecule has 3 N–H and O–H groups in total. The summed E-state index contributed by atoms with van der Waals surface area (Å²) in [6.07, 6.45) is -0.0158. The number of aliphatic hydroxyl groups is 1. The van der Waals surface area contributed by atoms with Gasteiger partial charge in [-0.3, -0.25) is 4.79 Å². The number of nitrogens with one attached hydrogen (secondary N) is 1. The second-order valence-corrected chi connectivity index (χ2v) is 7.04. The molecule has 0 heterocycles. The second kappa shape index (κ2) is 11.2. The Morgan fingerprint density at radius 3 is 1.86 bits per heavy atom. The van der Waals surface area contributed by atoms with Gasteiger partial charge >= 0.3 is 5.97 Å². The maximum atomic E-state index is 12.3. The van der Waals surface area contributed by atoms with Gasteiger partial charge in [0.05, 0.1) is 17.7 Å². The van der Waals surface area contributed by atoms with Crippen LogP contribution in [0.2, 0.25) is 0 Å². The minimum Gasteiger partial charge on any atom is -0.478 e. The fraction of sp³-hybridized carbons (Fsp3) is 0.364. The Morgan fingerprint density at radius 1 is 0.929 bits per heavy atom. The molecule has 0 aromatic heterocycles. The Morgan fingerprint density at radius 2 is 1.43 bits per heavy atom. The monoisotopic (exact) mass is 389 g/mol. The van der Waals surface area contributed by atoms with Gasteiger partial charge in [0.15, 0.2) is 0 Å². The van der Waals surface area contributed by atoms with Gasteiger partial charge in [0.2, 0.25) is 5.91 Å². The van der Waals surface area contributed by atoms with Crippen molar-refractivity contribution in [2.75, 3.05) is 0 Å². The molecule has 0 radical (unpaired) electrons. The zero-order chi connectivity index (χ0) is 21.3. The van der Waals surface area contributed by atoms with Crippen LogP contribution in [0, 0.1) is 11.7 Å². The maximum absolute atomic E-state index is 12.3. The molecule has 2 unspecified atom stereocenters. The molecule has 0 saturated heterocycles. The summed E-state index contributed by atoms with van der Waals surface area (Å²) >= 11 is 0. The molecule has 5 nitrogen and oxygen atoms in total. The summed E-state index contributed by atoms with van der Waals surface area (Å²) in [6, 6.07) is 12.2. The highest BCUT2D eigenvalue weighted by Crippen LogP contribution is 2.14. The average molecular weight is 389 g/mol. The molecule has 2 rings (SSSR count). The molecule has 0 spiro atoms. The molecule has 6 heteroatoms. The van der Waals surface area contributed by atoms with Crippen molar-refractivity contribution in [1.29, 1.82) is 0 Å². The first-order valence-electron chi connectivity index (χ1n) is 9.16. The van der Waals surface area contributed by atoms with E-state index in [0.717, 1.165) is 11.1 Å². The van der Waals surface area contributed by atoms with Gasteiger partial charge in [-0.05, 0) is 55.2 Å². The van der Waals surface area contributed by atoms with E-state index < -0.39 is 12.1 Å². The molecule has 0 aliphatic heterocycles. The Bertz CT molecular complexity index is 755. The molecule has 2 atom stereocenters. The summed E-state index contributed by atoms with van der Waals surface area (Å²) in [6.45, 7) is 7.51. The van der Waals surface area contributed by atoms with E-state index in [1.165, 1.54) is 12.1 Å². The van der Waals surface area contributed by atoms with E-state index in [1.807, 2.05) is 20.8 Å². The predicted octanol–water partition coefficient (Wildman–Crippen LogP) is 4.49. The van der Waals surface area contributed by atoms with Crippen molar-refractivity contribution < 1.29 is 24.2 Å². The van der Waals surface area contributed by atoms with Gasteiger partial charge in [-0.2, -0.15) is 0 Å². The first kappa shape index (κ1) is 23.3. The van der Waals surface area contributed by atoms with Gasteiger partial charge in [-0.1, -0.05) is 38.1 Å². The molecule has 1 amide bonds. The second-order valence-electron chi connectivity index (χ2n) is 7.04. The Labute approximate surface area is 165 Å². The van der Waals surface area contributed by atoms with Crippen LogP contribution < -0.4 is 5.32 Å².